The van der Waals surface area contributed by atoms with Gasteiger partial charge in [0, 0.05) is 65.3 Å². The van der Waals surface area contributed by atoms with Gasteiger partial charge in [0.05, 0.1) is 19.8 Å². The number of hydroxylamine groups is 1. The Hall–Kier alpha value is -4.40. The van der Waals surface area contributed by atoms with Crippen LogP contribution in [0.2, 0.25) is 0 Å². The number of aliphatic carboxylic acids is 1. The molecular formula is C36H66N8O12. The minimum Gasteiger partial charge on any atom is -0.480 e. The summed E-state index contributed by atoms with van der Waals surface area (Å²) in [5.41, 5.74) is 2.64. The summed E-state index contributed by atoms with van der Waals surface area (Å²) in [5, 5.41) is 45.5. The lowest BCUT2D eigenvalue weighted by molar-refractivity contribution is -0.142. The van der Waals surface area contributed by atoms with Gasteiger partial charge in [0.25, 0.3) is 0 Å². The molecule has 0 heterocycles. The normalized spacial score (nSPS) is 12.4. The van der Waals surface area contributed by atoms with Crippen LogP contribution in [0.3, 0.4) is 0 Å². The van der Waals surface area contributed by atoms with Crippen LogP contribution < -0.4 is 42.7 Å². The van der Waals surface area contributed by atoms with Crippen molar-refractivity contribution >= 4 is 47.3 Å². The maximum absolute atomic E-state index is 12.5. The quantitative estimate of drug-likeness (QED) is 0.0254. The molecular weight excluding hydrogens is 736 g/mol. The zero-order valence-electron chi connectivity index (χ0n) is 33.0. The number of rotatable bonds is 35. The van der Waals surface area contributed by atoms with E-state index in [1.54, 1.807) is 6.92 Å². The van der Waals surface area contributed by atoms with E-state index in [-0.39, 0.29) is 101 Å². The van der Waals surface area contributed by atoms with Gasteiger partial charge < -0.3 is 57.4 Å². The fourth-order valence-corrected chi connectivity index (χ4v) is 5.22. The third-order valence-corrected chi connectivity index (χ3v) is 8.20. The number of hydrogen-bond acceptors (Lipinski definition) is 12. The van der Waals surface area contributed by atoms with Crippen LogP contribution in [0.15, 0.2) is 0 Å². The summed E-state index contributed by atoms with van der Waals surface area (Å²) in [7, 11) is 0. The lowest BCUT2D eigenvalue weighted by Gasteiger charge is -2.17. The average Bonchev–Trinajstić information content (AvgIpc) is 3.16. The Morgan fingerprint density at radius 1 is 0.500 bits per heavy atom. The number of unbranched alkanes of at least 4 members (excludes halogenated alkanes) is 5. The van der Waals surface area contributed by atoms with E-state index in [1.807, 2.05) is 0 Å². The zero-order valence-corrected chi connectivity index (χ0v) is 33.0. The van der Waals surface area contributed by atoms with Crippen molar-refractivity contribution in [3.63, 3.8) is 0 Å². The molecule has 0 aliphatic heterocycles. The molecule has 3 atom stereocenters. The van der Waals surface area contributed by atoms with E-state index in [1.165, 1.54) is 6.92 Å². The molecule has 0 bridgehead atoms. The first-order valence-electron chi connectivity index (χ1n) is 19.6. The molecule has 0 fully saturated rings. The number of nitrogens with one attached hydrogen (secondary N) is 8. The molecule has 0 rings (SSSR count). The number of amides is 7. The number of carbonyl (C=O) groups is 8. The van der Waals surface area contributed by atoms with Crippen molar-refractivity contribution in [3.8, 4) is 0 Å². The van der Waals surface area contributed by atoms with Crippen molar-refractivity contribution in [2.75, 3.05) is 52.5 Å². The summed E-state index contributed by atoms with van der Waals surface area (Å²) in [6.07, 6.45) is 5.55. The van der Waals surface area contributed by atoms with Gasteiger partial charge in [-0.1, -0.05) is 12.8 Å². The van der Waals surface area contributed by atoms with Gasteiger partial charge in [-0.25, -0.2) is 4.79 Å². The Morgan fingerprint density at radius 2 is 0.964 bits per heavy atom. The van der Waals surface area contributed by atoms with Crippen molar-refractivity contribution < 1.29 is 58.5 Å². The first-order chi connectivity index (χ1) is 26.8. The summed E-state index contributed by atoms with van der Waals surface area (Å²) < 4.78 is 0. The maximum Gasteiger partial charge on any atom is 0.326 e. The largest absolute Gasteiger partial charge is 0.480 e. The standard InChI is InChI=1S/C36H66N8O12/c1-3-56-44-28(16-18-32(50)39-23-25-46)35(53)41-21-10-5-7-14-33(51)43-29(36(54)55)12-8-11-19-37-30(48)13-6-4-9-20-40-34(52)27(42-26(2)47)15-17-31(49)38-22-24-45/h27-29,44-46H,3-25H2,1-2H3,(H,37,48)(H,38,49)(H,39,50)(H,40,52)(H,41,53)(H,42,47)(H,43,51)(H,54,55). The van der Waals surface area contributed by atoms with Crippen LogP contribution in [-0.2, 0) is 43.2 Å². The molecule has 0 aromatic heterocycles. The Bertz CT molecular complexity index is 1190. The van der Waals surface area contributed by atoms with Gasteiger partial charge in [-0.05, 0) is 64.7 Å². The van der Waals surface area contributed by atoms with Crippen LogP contribution in [0.25, 0.3) is 0 Å². The van der Waals surface area contributed by atoms with Gasteiger partial charge in [0.2, 0.25) is 41.4 Å². The van der Waals surface area contributed by atoms with Crippen molar-refractivity contribution in [3.05, 3.63) is 0 Å². The van der Waals surface area contributed by atoms with E-state index in [0.29, 0.717) is 77.6 Å². The lowest BCUT2D eigenvalue weighted by Crippen LogP contribution is -2.46. The van der Waals surface area contributed by atoms with Crippen LogP contribution in [0, 0.1) is 0 Å². The molecule has 0 radical (unpaired) electrons. The number of carbonyl (C=O) groups excluding carboxylic acids is 7. The first kappa shape index (κ1) is 51.6. The van der Waals surface area contributed by atoms with Gasteiger partial charge in [0.1, 0.15) is 18.1 Å². The number of aliphatic hydroxyl groups is 2. The molecule has 0 spiro atoms. The summed E-state index contributed by atoms with van der Waals surface area (Å²) in [4.78, 5) is 101. The number of hydrogen-bond donors (Lipinski definition) is 11. The third kappa shape index (κ3) is 29.0. The van der Waals surface area contributed by atoms with Crippen LogP contribution >= 0.6 is 0 Å². The fourth-order valence-electron chi connectivity index (χ4n) is 5.22. The second-order valence-corrected chi connectivity index (χ2v) is 13.1. The zero-order chi connectivity index (χ0) is 42.0. The molecule has 322 valence electrons. The minimum atomic E-state index is -1.14. The minimum absolute atomic E-state index is 0.00775. The Balaban J connectivity index is 4.19. The Morgan fingerprint density at radius 3 is 1.48 bits per heavy atom. The SMILES string of the molecule is CCONC(CCC(=O)NCCO)C(=O)NCCCCCC(=O)NC(CCCCNC(=O)CCCCCNC(=O)C(CCC(=O)NCCO)NC(C)=O)C(=O)O. The highest BCUT2D eigenvalue weighted by Crippen LogP contribution is 2.06. The van der Waals surface area contributed by atoms with E-state index in [4.69, 9.17) is 15.1 Å². The molecule has 11 N–H and O–H groups in total. The average molecular weight is 803 g/mol. The van der Waals surface area contributed by atoms with Gasteiger partial charge >= 0.3 is 5.97 Å². The van der Waals surface area contributed by atoms with Gasteiger partial charge in [0.15, 0.2) is 0 Å². The highest BCUT2D eigenvalue weighted by atomic mass is 16.6. The highest BCUT2D eigenvalue weighted by Gasteiger charge is 2.22. The van der Waals surface area contributed by atoms with E-state index in [0.717, 1.165) is 0 Å². The Labute approximate surface area is 329 Å². The molecule has 0 aromatic carbocycles. The smallest absolute Gasteiger partial charge is 0.326 e. The number of carboxylic acid groups (broad SMARTS) is 1. The number of carboxylic acids is 1. The predicted octanol–water partition coefficient (Wildman–Crippen LogP) is -1.61. The van der Waals surface area contributed by atoms with Crippen LogP contribution in [0.5, 0.6) is 0 Å². The van der Waals surface area contributed by atoms with Gasteiger partial charge in [-0.3, -0.25) is 33.6 Å². The molecule has 56 heavy (non-hydrogen) atoms. The number of aliphatic hydroxyl groups excluding tert-OH is 2. The summed E-state index contributed by atoms with van der Waals surface area (Å²) in [6, 6.07) is -2.66. The fraction of sp³-hybridized carbons (Fsp3) is 0.778. The molecule has 0 aromatic rings. The molecule has 7 amide bonds. The molecule has 20 nitrogen and oxygen atoms in total. The van der Waals surface area contributed by atoms with E-state index >= 15 is 0 Å². The highest BCUT2D eigenvalue weighted by molar-refractivity contribution is 5.87. The first-order valence-corrected chi connectivity index (χ1v) is 19.6. The van der Waals surface area contributed by atoms with Crippen molar-refractivity contribution in [1.29, 1.82) is 0 Å². The van der Waals surface area contributed by atoms with Crippen molar-refractivity contribution in [2.45, 2.75) is 128 Å². The molecule has 0 saturated heterocycles. The van der Waals surface area contributed by atoms with Gasteiger partial charge in [-0.15, -0.1) is 0 Å². The lowest BCUT2D eigenvalue weighted by atomic mass is 10.1. The van der Waals surface area contributed by atoms with Crippen LogP contribution in [0.1, 0.15) is 110 Å². The van der Waals surface area contributed by atoms with E-state index < -0.39 is 35.9 Å². The van der Waals surface area contributed by atoms with Crippen LogP contribution in [0.4, 0.5) is 0 Å². The maximum atomic E-state index is 12.5. The second-order valence-electron chi connectivity index (χ2n) is 13.1. The summed E-state index contributed by atoms with van der Waals surface area (Å²) in [5.74, 6) is -3.45. The van der Waals surface area contributed by atoms with Gasteiger partial charge in [-0.2, -0.15) is 5.48 Å². The molecule has 0 aliphatic rings. The molecule has 20 heteroatoms. The monoisotopic (exact) mass is 802 g/mol. The predicted molar refractivity (Wildman–Crippen MR) is 204 cm³/mol. The molecule has 0 aliphatic carbocycles. The van der Waals surface area contributed by atoms with Crippen LogP contribution in [-0.4, -0.2) is 133 Å². The van der Waals surface area contributed by atoms with E-state index in [2.05, 4.69) is 42.7 Å². The van der Waals surface area contributed by atoms with Crippen molar-refractivity contribution in [2.24, 2.45) is 0 Å². The Kier molecular flexibility index (Phi) is 31.2. The topological polar surface area (TPSA) is 303 Å². The van der Waals surface area contributed by atoms with E-state index in [9.17, 15) is 43.5 Å². The molecule has 0 saturated carbocycles. The third-order valence-electron chi connectivity index (χ3n) is 8.20. The molecule has 3 unspecified atom stereocenters. The summed E-state index contributed by atoms with van der Waals surface area (Å²) in [6.45, 7) is 4.25. The summed E-state index contributed by atoms with van der Waals surface area (Å²) >= 11 is 0. The second kappa shape index (κ2) is 33.9. The van der Waals surface area contributed by atoms with Crippen molar-refractivity contribution in [1.82, 2.24) is 42.7 Å².